The molecule has 0 aliphatic heterocycles. The molecule has 1 fully saturated rings. The Morgan fingerprint density at radius 3 is 2.65 bits per heavy atom. The van der Waals surface area contributed by atoms with E-state index in [1.807, 2.05) is 26.0 Å². The highest BCUT2D eigenvalue weighted by Crippen LogP contribution is 2.19. The monoisotopic (exact) mass is 232 g/mol. The predicted octanol–water partition coefficient (Wildman–Crippen LogP) is 3.37. The lowest BCUT2D eigenvalue weighted by atomic mass is 10.1. The summed E-state index contributed by atoms with van der Waals surface area (Å²) in [4.78, 5) is 11.8. The fourth-order valence-electron chi connectivity index (χ4n) is 2.28. The second kappa shape index (κ2) is 5.21. The van der Waals surface area contributed by atoms with Crippen LogP contribution in [0.25, 0.3) is 0 Å². The predicted molar refractivity (Wildman–Crippen MR) is 70.3 cm³/mol. The zero-order valence-electron chi connectivity index (χ0n) is 10.5. The molecule has 0 spiro atoms. The molecule has 0 aromatic heterocycles. The van der Waals surface area contributed by atoms with Crippen LogP contribution in [-0.2, 0) is 0 Å². The lowest BCUT2D eigenvalue weighted by Crippen LogP contribution is -2.36. The molecule has 0 atom stereocenters. The molecule has 17 heavy (non-hydrogen) atoms. The van der Waals surface area contributed by atoms with Gasteiger partial charge in [0, 0.05) is 11.7 Å². The molecule has 2 N–H and O–H groups in total. The molecular weight excluding hydrogens is 212 g/mol. The van der Waals surface area contributed by atoms with E-state index in [9.17, 15) is 4.79 Å². The molecule has 1 saturated carbocycles. The van der Waals surface area contributed by atoms with Gasteiger partial charge in [-0.3, -0.25) is 0 Å². The van der Waals surface area contributed by atoms with Crippen LogP contribution < -0.4 is 10.6 Å². The van der Waals surface area contributed by atoms with E-state index in [4.69, 9.17) is 0 Å². The van der Waals surface area contributed by atoms with Crippen molar-refractivity contribution in [2.45, 2.75) is 45.6 Å². The molecule has 0 bridgehead atoms. The molecule has 2 amide bonds. The maximum absolute atomic E-state index is 11.8. The minimum atomic E-state index is -0.0781. The quantitative estimate of drug-likeness (QED) is 0.806. The van der Waals surface area contributed by atoms with E-state index in [1.54, 1.807) is 0 Å². The molecule has 2 rings (SSSR count). The first-order chi connectivity index (χ1) is 8.15. The van der Waals surface area contributed by atoms with Crippen LogP contribution in [0, 0.1) is 13.8 Å². The van der Waals surface area contributed by atoms with Crippen molar-refractivity contribution in [1.82, 2.24) is 5.32 Å². The zero-order valence-corrected chi connectivity index (χ0v) is 10.5. The van der Waals surface area contributed by atoms with Gasteiger partial charge in [-0.05, 0) is 43.9 Å². The Morgan fingerprint density at radius 2 is 1.94 bits per heavy atom. The number of hydrogen-bond donors (Lipinski definition) is 2. The third-order valence-corrected chi connectivity index (χ3v) is 3.33. The number of rotatable bonds is 2. The van der Waals surface area contributed by atoms with E-state index in [1.165, 1.54) is 12.8 Å². The Morgan fingerprint density at radius 1 is 1.24 bits per heavy atom. The highest BCUT2D eigenvalue weighted by molar-refractivity contribution is 5.90. The molecule has 1 aliphatic carbocycles. The number of anilines is 1. The molecule has 0 unspecified atom stereocenters. The minimum absolute atomic E-state index is 0.0781. The zero-order chi connectivity index (χ0) is 12.3. The SMILES string of the molecule is Cc1ccc(C)c(NC(=O)NC2CCCC2)c1. The number of nitrogens with one attached hydrogen (secondary N) is 2. The minimum Gasteiger partial charge on any atom is -0.335 e. The summed E-state index contributed by atoms with van der Waals surface area (Å²) in [5.74, 6) is 0. The Balaban J connectivity index is 1.95. The average Bonchev–Trinajstić information content (AvgIpc) is 2.76. The Kier molecular flexibility index (Phi) is 3.67. The molecule has 1 aliphatic rings. The van der Waals surface area contributed by atoms with Crippen molar-refractivity contribution in [3.05, 3.63) is 29.3 Å². The fraction of sp³-hybridized carbons (Fsp3) is 0.500. The van der Waals surface area contributed by atoms with Gasteiger partial charge in [-0.15, -0.1) is 0 Å². The van der Waals surface area contributed by atoms with Gasteiger partial charge in [0.25, 0.3) is 0 Å². The van der Waals surface area contributed by atoms with E-state index in [2.05, 4.69) is 16.7 Å². The lowest BCUT2D eigenvalue weighted by Gasteiger charge is -2.14. The molecule has 1 aromatic rings. The molecule has 0 saturated heterocycles. The Hall–Kier alpha value is -1.51. The maximum Gasteiger partial charge on any atom is 0.319 e. The van der Waals surface area contributed by atoms with Gasteiger partial charge in [-0.2, -0.15) is 0 Å². The van der Waals surface area contributed by atoms with Gasteiger partial charge in [0.15, 0.2) is 0 Å². The highest BCUT2D eigenvalue weighted by Gasteiger charge is 2.17. The first kappa shape index (κ1) is 12.0. The van der Waals surface area contributed by atoms with Crippen LogP contribution in [-0.4, -0.2) is 12.1 Å². The number of amides is 2. The molecular formula is C14H20N2O. The first-order valence-electron chi connectivity index (χ1n) is 6.30. The largest absolute Gasteiger partial charge is 0.335 e. The third-order valence-electron chi connectivity index (χ3n) is 3.33. The summed E-state index contributed by atoms with van der Waals surface area (Å²) in [5, 5.41) is 5.95. The Labute approximate surface area is 103 Å². The van der Waals surface area contributed by atoms with Crippen molar-refractivity contribution in [1.29, 1.82) is 0 Å². The molecule has 3 heteroatoms. The summed E-state index contributed by atoms with van der Waals surface area (Å²) in [6.07, 6.45) is 4.68. The molecule has 3 nitrogen and oxygen atoms in total. The molecule has 92 valence electrons. The van der Waals surface area contributed by atoms with Crippen molar-refractivity contribution in [3.63, 3.8) is 0 Å². The van der Waals surface area contributed by atoms with Crippen LogP contribution in [0.5, 0.6) is 0 Å². The van der Waals surface area contributed by atoms with E-state index < -0.39 is 0 Å². The van der Waals surface area contributed by atoms with E-state index >= 15 is 0 Å². The van der Waals surface area contributed by atoms with Crippen molar-refractivity contribution >= 4 is 11.7 Å². The molecule has 1 aromatic carbocycles. The second-order valence-corrected chi connectivity index (χ2v) is 4.90. The lowest BCUT2D eigenvalue weighted by molar-refractivity contribution is 0.248. The van der Waals surface area contributed by atoms with Crippen LogP contribution in [0.1, 0.15) is 36.8 Å². The van der Waals surface area contributed by atoms with Crippen molar-refractivity contribution < 1.29 is 4.79 Å². The van der Waals surface area contributed by atoms with Crippen LogP contribution in [0.15, 0.2) is 18.2 Å². The van der Waals surface area contributed by atoms with Gasteiger partial charge in [-0.25, -0.2) is 4.79 Å². The standard InChI is InChI=1S/C14H20N2O/c1-10-7-8-11(2)13(9-10)16-14(17)15-12-5-3-4-6-12/h7-9,12H,3-6H2,1-2H3,(H2,15,16,17). The van der Waals surface area contributed by atoms with Crippen molar-refractivity contribution in [3.8, 4) is 0 Å². The number of carbonyl (C=O) groups is 1. The summed E-state index contributed by atoms with van der Waals surface area (Å²) >= 11 is 0. The number of urea groups is 1. The number of carbonyl (C=O) groups excluding carboxylic acids is 1. The van der Waals surface area contributed by atoms with Crippen LogP contribution >= 0.6 is 0 Å². The van der Waals surface area contributed by atoms with Crippen molar-refractivity contribution in [2.75, 3.05) is 5.32 Å². The summed E-state index contributed by atoms with van der Waals surface area (Å²) in [6, 6.07) is 6.37. The van der Waals surface area contributed by atoms with Gasteiger partial charge in [-0.1, -0.05) is 25.0 Å². The summed E-state index contributed by atoms with van der Waals surface area (Å²) in [5.41, 5.74) is 3.16. The molecule has 0 radical (unpaired) electrons. The number of benzene rings is 1. The van der Waals surface area contributed by atoms with Crippen LogP contribution in [0.2, 0.25) is 0 Å². The molecule has 0 heterocycles. The second-order valence-electron chi connectivity index (χ2n) is 4.90. The van der Waals surface area contributed by atoms with Gasteiger partial charge in [0.05, 0.1) is 0 Å². The van der Waals surface area contributed by atoms with Crippen molar-refractivity contribution in [2.24, 2.45) is 0 Å². The number of aryl methyl sites for hydroxylation is 2. The normalized spacial score (nSPS) is 15.9. The average molecular weight is 232 g/mol. The fourth-order valence-corrected chi connectivity index (χ4v) is 2.28. The summed E-state index contributed by atoms with van der Waals surface area (Å²) < 4.78 is 0. The van der Waals surface area contributed by atoms with Crippen LogP contribution in [0.4, 0.5) is 10.5 Å². The maximum atomic E-state index is 11.8. The number of hydrogen-bond acceptors (Lipinski definition) is 1. The summed E-state index contributed by atoms with van der Waals surface area (Å²) in [6.45, 7) is 4.03. The van der Waals surface area contributed by atoms with E-state index in [0.29, 0.717) is 6.04 Å². The topological polar surface area (TPSA) is 41.1 Å². The van der Waals surface area contributed by atoms with E-state index in [-0.39, 0.29) is 6.03 Å². The van der Waals surface area contributed by atoms with Gasteiger partial charge < -0.3 is 10.6 Å². The smallest absolute Gasteiger partial charge is 0.319 e. The van der Waals surface area contributed by atoms with E-state index in [0.717, 1.165) is 29.7 Å². The summed E-state index contributed by atoms with van der Waals surface area (Å²) in [7, 11) is 0. The van der Waals surface area contributed by atoms with Gasteiger partial charge >= 0.3 is 6.03 Å². The van der Waals surface area contributed by atoms with Gasteiger partial charge in [0.1, 0.15) is 0 Å². The third kappa shape index (κ3) is 3.22. The first-order valence-corrected chi connectivity index (χ1v) is 6.30. The van der Waals surface area contributed by atoms with Crippen LogP contribution in [0.3, 0.4) is 0 Å². The highest BCUT2D eigenvalue weighted by atomic mass is 16.2. The Bertz CT molecular complexity index is 409. The van der Waals surface area contributed by atoms with Gasteiger partial charge in [0.2, 0.25) is 0 Å².